The smallest absolute Gasteiger partial charge is 0.229 e. The van der Waals surface area contributed by atoms with Crippen LogP contribution in [0.4, 0.5) is 0 Å². The number of hydrogen-bond acceptors (Lipinski definition) is 2. The SMILES string of the molecule is CCCCOc1cccc(CNC(=O)[C@@]2(C)CC2(Cl)Cl)c1. The van der Waals surface area contributed by atoms with Crippen LogP contribution in [-0.4, -0.2) is 16.8 Å². The molecule has 0 radical (unpaired) electrons. The third kappa shape index (κ3) is 3.83. The number of alkyl halides is 2. The molecule has 1 aliphatic rings. The molecule has 0 heterocycles. The molecule has 0 bridgehead atoms. The minimum atomic E-state index is -0.928. The van der Waals surface area contributed by atoms with Gasteiger partial charge in [0, 0.05) is 6.54 Å². The van der Waals surface area contributed by atoms with Gasteiger partial charge in [-0.3, -0.25) is 4.79 Å². The van der Waals surface area contributed by atoms with E-state index in [4.69, 9.17) is 27.9 Å². The number of carbonyl (C=O) groups is 1. The van der Waals surface area contributed by atoms with Crippen LogP contribution >= 0.6 is 23.2 Å². The lowest BCUT2D eigenvalue weighted by Crippen LogP contribution is -2.32. The highest BCUT2D eigenvalue weighted by Gasteiger charge is 2.67. The molecule has 1 N–H and O–H groups in total. The van der Waals surface area contributed by atoms with Crippen LogP contribution in [0.2, 0.25) is 0 Å². The van der Waals surface area contributed by atoms with Gasteiger partial charge in [-0.15, -0.1) is 23.2 Å². The van der Waals surface area contributed by atoms with Crippen molar-refractivity contribution in [3.63, 3.8) is 0 Å². The van der Waals surface area contributed by atoms with Crippen molar-refractivity contribution in [3.8, 4) is 5.75 Å². The Bertz CT molecular complexity index is 519. The second kappa shape index (κ2) is 6.45. The highest BCUT2D eigenvalue weighted by molar-refractivity contribution is 6.53. The summed E-state index contributed by atoms with van der Waals surface area (Å²) in [5.74, 6) is 0.724. The van der Waals surface area contributed by atoms with Crippen molar-refractivity contribution in [1.82, 2.24) is 5.32 Å². The van der Waals surface area contributed by atoms with Crippen molar-refractivity contribution in [2.75, 3.05) is 6.61 Å². The maximum Gasteiger partial charge on any atom is 0.229 e. The summed E-state index contributed by atoms with van der Waals surface area (Å²) in [6, 6.07) is 7.75. The molecule has 0 aliphatic heterocycles. The summed E-state index contributed by atoms with van der Waals surface area (Å²) in [5.41, 5.74) is 0.321. The maximum absolute atomic E-state index is 12.1. The molecule has 21 heavy (non-hydrogen) atoms. The Kier molecular flexibility index (Phi) is 5.05. The third-order valence-electron chi connectivity index (χ3n) is 3.88. The van der Waals surface area contributed by atoms with Gasteiger partial charge in [0.15, 0.2) is 0 Å². The number of nitrogens with one attached hydrogen (secondary N) is 1. The molecule has 1 atom stereocenters. The van der Waals surface area contributed by atoms with Crippen molar-refractivity contribution in [1.29, 1.82) is 0 Å². The van der Waals surface area contributed by atoms with Crippen LogP contribution in [0.1, 0.15) is 38.7 Å². The molecule has 1 aromatic rings. The number of unbranched alkanes of at least 4 members (excludes halogenated alkanes) is 1. The quantitative estimate of drug-likeness (QED) is 0.605. The van der Waals surface area contributed by atoms with Crippen molar-refractivity contribution in [2.45, 2.75) is 44.0 Å². The van der Waals surface area contributed by atoms with Crippen molar-refractivity contribution in [3.05, 3.63) is 29.8 Å². The van der Waals surface area contributed by atoms with Crippen LogP contribution in [0, 0.1) is 5.41 Å². The zero-order valence-electron chi connectivity index (χ0n) is 12.4. The van der Waals surface area contributed by atoms with Gasteiger partial charge in [0.05, 0.1) is 12.0 Å². The highest BCUT2D eigenvalue weighted by Crippen LogP contribution is 2.63. The number of hydrogen-bond donors (Lipinski definition) is 1. The van der Waals surface area contributed by atoms with Gasteiger partial charge in [0.25, 0.3) is 0 Å². The van der Waals surface area contributed by atoms with Crippen molar-refractivity contribution >= 4 is 29.1 Å². The van der Waals surface area contributed by atoms with E-state index in [9.17, 15) is 4.79 Å². The molecule has 1 amide bonds. The summed E-state index contributed by atoms with van der Waals surface area (Å²) in [7, 11) is 0. The standard InChI is InChI=1S/C16H21Cl2NO2/c1-3-4-8-21-13-7-5-6-12(9-13)10-19-14(20)15(2)11-16(15,17)18/h5-7,9H,3-4,8,10-11H2,1-2H3,(H,19,20)/t15-/m1/s1. The van der Waals surface area contributed by atoms with E-state index in [2.05, 4.69) is 12.2 Å². The largest absolute Gasteiger partial charge is 0.494 e. The van der Waals surface area contributed by atoms with Gasteiger partial charge < -0.3 is 10.1 Å². The van der Waals surface area contributed by atoms with E-state index in [0.29, 0.717) is 19.6 Å². The van der Waals surface area contributed by atoms with Crippen LogP contribution < -0.4 is 10.1 Å². The first-order chi connectivity index (χ1) is 9.89. The van der Waals surface area contributed by atoms with E-state index in [1.54, 1.807) is 6.92 Å². The Morgan fingerprint density at radius 2 is 2.14 bits per heavy atom. The van der Waals surface area contributed by atoms with E-state index in [1.807, 2.05) is 24.3 Å². The lowest BCUT2D eigenvalue weighted by Gasteiger charge is -2.13. The van der Waals surface area contributed by atoms with Gasteiger partial charge in [-0.05, 0) is 37.5 Å². The molecule has 1 aliphatic carbocycles. The lowest BCUT2D eigenvalue weighted by molar-refractivity contribution is -0.125. The van der Waals surface area contributed by atoms with Gasteiger partial charge in [0.1, 0.15) is 10.1 Å². The molecule has 5 heteroatoms. The van der Waals surface area contributed by atoms with Gasteiger partial charge in [-0.25, -0.2) is 0 Å². The second-order valence-corrected chi connectivity index (χ2v) is 7.23. The van der Waals surface area contributed by atoms with Crippen molar-refractivity contribution < 1.29 is 9.53 Å². The molecule has 1 fully saturated rings. The minimum absolute atomic E-state index is 0.107. The van der Waals surface area contributed by atoms with Crippen LogP contribution in [0.25, 0.3) is 0 Å². The molecule has 3 nitrogen and oxygen atoms in total. The summed E-state index contributed by atoms with van der Waals surface area (Å²) in [4.78, 5) is 12.1. The maximum atomic E-state index is 12.1. The average Bonchev–Trinajstić information content (AvgIpc) is 2.97. The molecule has 0 unspecified atom stereocenters. The number of rotatable bonds is 7. The monoisotopic (exact) mass is 329 g/mol. The molecule has 0 saturated heterocycles. The van der Waals surface area contributed by atoms with Crippen LogP contribution in [0.15, 0.2) is 24.3 Å². The summed E-state index contributed by atoms with van der Waals surface area (Å²) in [5, 5.41) is 2.89. The first kappa shape index (κ1) is 16.4. The summed E-state index contributed by atoms with van der Waals surface area (Å²) < 4.78 is 4.72. The summed E-state index contributed by atoms with van der Waals surface area (Å²) >= 11 is 12.0. The van der Waals surface area contributed by atoms with Gasteiger partial charge >= 0.3 is 0 Å². The van der Waals surface area contributed by atoms with Crippen molar-refractivity contribution in [2.24, 2.45) is 5.41 Å². The van der Waals surface area contributed by atoms with Gasteiger partial charge in [0.2, 0.25) is 5.91 Å². The topological polar surface area (TPSA) is 38.3 Å². The van der Waals surface area contributed by atoms with Gasteiger partial charge in [-0.2, -0.15) is 0 Å². The Hall–Kier alpha value is -0.930. The molecule has 1 saturated carbocycles. The molecular formula is C16H21Cl2NO2. The predicted octanol–water partition coefficient (Wildman–Crippen LogP) is 4.07. The van der Waals surface area contributed by atoms with E-state index in [0.717, 1.165) is 24.2 Å². The summed E-state index contributed by atoms with van der Waals surface area (Å²) in [6.07, 6.45) is 2.63. The number of amides is 1. The molecule has 0 aromatic heterocycles. The summed E-state index contributed by atoms with van der Waals surface area (Å²) in [6.45, 7) is 5.07. The number of carbonyl (C=O) groups excluding carboxylic acids is 1. The Morgan fingerprint density at radius 1 is 1.43 bits per heavy atom. The number of ether oxygens (including phenoxy) is 1. The zero-order valence-corrected chi connectivity index (χ0v) is 13.9. The number of benzene rings is 1. The van der Waals surface area contributed by atoms with E-state index < -0.39 is 9.75 Å². The molecule has 116 valence electrons. The van der Waals surface area contributed by atoms with Gasteiger partial charge in [-0.1, -0.05) is 25.5 Å². The van der Waals surface area contributed by atoms with E-state index in [-0.39, 0.29) is 5.91 Å². The van der Waals surface area contributed by atoms with Crippen LogP contribution in [-0.2, 0) is 11.3 Å². The van der Waals surface area contributed by atoms with E-state index >= 15 is 0 Å². The first-order valence-corrected chi connectivity index (χ1v) is 8.02. The molecular weight excluding hydrogens is 309 g/mol. The lowest BCUT2D eigenvalue weighted by atomic mass is 10.1. The Balaban J connectivity index is 1.86. The number of halogens is 2. The first-order valence-electron chi connectivity index (χ1n) is 7.27. The molecule has 1 aromatic carbocycles. The van der Waals surface area contributed by atoms with Crippen LogP contribution in [0.5, 0.6) is 5.75 Å². The second-order valence-electron chi connectivity index (χ2n) is 5.75. The minimum Gasteiger partial charge on any atom is -0.494 e. The predicted molar refractivity (Wildman–Crippen MR) is 85.9 cm³/mol. The normalized spacial score (nSPS) is 22.7. The zero-order chi connectivity index (χ0) is 15.5. The third-order valence-corrected chi connectivity index (χ3v) is 4.98. The highest BCUT2D eigenvalue weighted by atomic mass is 35.5. The molecule has 2 rings (SSSR count). The fraction of sp³-hybridized carbons (Fsp3) is 0.562. The average molecular weight is 330 g/mol. The fourth-order valence-corrected chi connectivity index (χ4v) is 2.81. The fourth-order valence-electron chi connectivity index (χ4n) is 2.10. The Morgan fingerprint density at radius 3 is 2.76 bits per heavy atom. The Labute approximate surface area is 136 Å². The van der Waals surface area contributed by atoms with Crippen LogP contribution in [0.3, 0.4) is 0 Å². The van der Waals surface area contributed by atoms with E-state index in [1.165, 1.54) is 0 Å². The molecule has 0 spiro atoms.